The molecule has 3 aromatic heterocycles. The summed E-state index contributed by atoms with van der Waals surface area (Å²) in [4.78, 5) is 50.7. The van der Waals surface area contributed by atoms with E-state index in [-0.39, 0.29) is 22.6 Å². The van der Waals surface area contributed by atoms with Gasteiger partial charge in [-0.05, 0) is 56.8 Å². The normalized spacial score (nSPS) is 19.5. The van der Waals surface area contributed by atoms with E-state index in [0.717, 1.165) is 18.7 Å². The maximum absolute atomic E-state index is 13.6. The van der Waals surface area contributed by atoms with E-state index in [1.54, 1.807) is 30.4 Å². The number of carbonyl (C=O) groups excluding carboxylic acids is 3. The fourth-order valence-electron chi connectivity index (χ4n) is 6.08. The molecule has 1 fully saturated rings. The number of nitrogens with one attached hydrogen (secondary N) is 3. The summed E-state index contributed by atoms with van der Waals surface area (Å²) < 4.78 is 8.35. The summed E-state index contributed by atoms with van der Waals surface area (Å²) in [7, 11) is 4.00. The maximum Gasteiger partial charge on any atom is 0.321 e. The third kappa shape index (κ3) is 6.82. The Morgan fingerprint density at radius 1 is 1.02 bits per heavy atom. The Bertz CT molecular complexity index is 1980. The molecule has 1 saturated carbocycles. The molecule has 0 spiro atoms. The molecule has 0 unspecified atom stereocenters. The third-order valence-corrected chi connectivity index (χ3v) is 9.36. The van der Waals surface area contributed by atoms with Gasteiger partial charge in [0.2, 0.25) is 5.82 Å². The van der Waals surface area contributed by atoms with Crippen molar-refractivity contribution in [1.82, 2.24) is 40.1 Å². The zero-order chi connectivity index (χ0) is 36.1. The second kappa shape index (κ2) is 12.6. The van der Waals surface area contributed by atoms with Crippen LogP contribution >= 0.6 is 0 Å². The van der Waals surface area contributed by atoms with Crippen molar-refractivity contribution >= 4 is 29.7 Å². The van der Waals surface area contributed by atoms with Gasteiger partial charge in [-0.3, -0.25) is 19.3 Å². The zero-order valence-corrected chi connectivity index (χ0v) is 29.9. The van der Waals surface area contributed by atoms with Gasteiger partial charge >= 0.3 is 6.03 Å². The van der Waals surface area contributed by atoms with Gasteiger partial charge in [-0.1, -0.05) is 65.8 Å². The van der Waals surface area contributed by atoms with E-state index in [0.29, 0.717) is 41.0 Å². The Kier molecular flexibility index (Phi) is 8.75. The number of anilines is 1. The van der Waals surface area contributed by atoms with Crippen molar-refractivity contribution in [2.45, 2.75) is 82.4 Å². The smallest absolute Gasteiger partial charge is 0.321 e. The van der Waals surface area contributed by atoms with Gasteiger partial charge in [-0.2, -0.15) is 0 Å². The van der Waals surface area contributed by atoms with Gasteiger partial charge in [0.15, 0.2) is 11.9 Å². The molecule has 3 amide bonds. The summed E-state index contributed by atoms with van der Waals surface area (Å²) in [5.41, 5.74) is 0.330. The SMILES string of the molecule is CN(C)C1(CNC(=O)c2nc(NC(=O)N[C@@]3(C=O)C=C[C@@H](Oc4ccc5nnc(C(C)(C)C)n5c4)c4ccccc43)cc(C(C)(C)C)n2)CC1. The van der Waals surface area contributed by atoms with Crippen molar-refractivity contribution < 1.29 is 19.1 Å². The second-order valence-corrected chi connectivity index (χ2v) is 15.4. The highest BCUT2D eigenvalue weighted by Gasteiger charge is 2.45. The van der Waals surface area contributed by atoms with Crippen molar-refractivity contribution in [1.29, 1.82) is 0 Å². The number of amides is 3. The molecule has 0 bridgehead atoms. The van der Waals surface area contributed by atoms with E-state index >= 15 is 0 Å². The molecule has 50 heavy (non-hydrogen) atoms. The van der Waals surface area contributed by atoms with Crippen LogP contribution in [-0.2, 0) is 21.2 Å². The summed E-state index contributed by atoms with van der Waals surface area (Å²) >= 11 is 0. The van der Waals surface area contributed by atoms with Crippen LogP contribution < -0.4 is 20.7 Å². The van der Waals surface area contributed by atoms with E-state index in [2.05, 4.69) is 61.8 Å². The minimum atomic E-state index is -1.50. The van der Waals surface area contributed by atoms with Gasteiger partial charge in [0.1, 0.15) is 29.0 Å². The van der Waals surface area contributed by atoms with Crippen LogP contribution in [0.15, 0.2) is 60.8 Å². The molecule has 0 saturated heterocycles. The number of fused-ring (bicyclic) bond motifs is 2. The molecule has 2 aliphatic rings. The third-order valence-electron chi connectivity index (χ3n) is 9.36. The minimum absolute atomic E-state index is 0.0467. The maximum atomic E-state index is 13.6. The second-order valence-electron chi connectivity index (χ2n) is 15.4. The van der Waals surface area contributed by atoms with E-state index in [9.17, 15) is 14.4 Å². The van der Waals surface area contributed by atoms with Crippen molar-refractivity contribution in [3.05, 3.63) is 89.3 Å². The van der Waals surface area contributed by atoms with E-state index < -0.39 is 29.0 Å². The standard InChI is InChI=1S/C37H45N9O4/c1-34(2,3)27-19-28(40-30(39-27)31(48)38-21-36(17-18-36)45(7)8)41-33(49)42-37(22-47)16-15-26(24-11-9-10-12-25(24)37)50-23-13-14-29-43-44-32(35(4,5)6)46(29)20-23/h9-16,19-20,22,26H,17-18,21H2,1-8H3,(H,38,48)(H2,39,40,41,42,49)/t26-,37-/m1/s1. The highest BCUT2D eigenvalue weighted by molar-refractivity contribution is 5.94. The molecule has 13 heteroatoms. The van der Waals surface area contributed by atoms with E-state index in [1.165, 1.54) is 0 Å². The molecule has 1 aromatic carbocycles. The summed E-state index contributed by atoms with van der Waals surface area (Å²) in [6.07, 6.45) is 7.37. The van der Waals surface area contributed by atoms with Crippen LogP contribution in [0.5, 0.6) is 5.75 Å². The molecule has 0 radical (unpaired) electrons. The lowest BCUT2D eigenvalue weighted by atomic mass is 9.81. The Morgan fingerprint density at radius 3 is 2.42 bits per heavy atom. The number of rotatable bonds is 9. The molecule has 2 aliphatic carbocycles. The predicted molar refractivity (Wildman–Crippen MR) is 189 cm³/mol. The first kappa shape index (κ1) is 34.7. The summed E-state index contributed by atoms with van der Waals surface area (Å²) in [6.45, 7) is 12.6. The number of carbonyl (C=O) groups is 3. The van der Waals surface area contributed by atoms with Gasteiger partial charge < -0.3 is 20.3 Å². The fourth-order valence-corrected chi connectivity index (χ4v) is 6.08. The molecule has 262 valence electrons. The van der Waals surface area contributed by atoms with Gasteiger partial charge in [0.05, 0.1) is 11.9 Å². The summed E-state index contributed by atoms with van der Waals surface area (Å²) in [5, 5.41) is 17.2. The number of nitrogens with zero attached hydrogens (tertiary/aromatic N) is 6. The fraction of sp³-hybridized carbons (Fsp3) is 0.432. The van der Waals surface area contributed by atoms with E-state index in [4.69, 9.17) is 4.74 Å². The lowest BCUT2D eigenvalue weighted by molar-refractivity contribution is -0.111. The number of ether oxygens (including phenoxy) is 1. The van der Waals surface area contributed by atoms with Crippen LogP contribution in [0.3, 0.4) is 0 Å². The lowest BCUT2D eigenvalue weighted by Crippen LogP contribution is -2.49. The number of pyridine rings is 1. The number of urea groups is 1. The highest BCUT2D eigenvalue weighted by atomic mass is 16.5. The summed E-state index contributed by atoms with van der Waals surface area (Å²) in [5.74, 6) is 1.05. The molecule has 0 aliphatic heterocycles. The molecule has 6 rings (SSSR count). The van der Waals surface area contributed by atoms with Gasteiger partial charge in [0.25, 0.3) is 5.91 Å². The van der Waals surface area contributed by atoms with Crippen LogP contribution in [0.2, 0.25) is 0 Å². The zero-order valence-electron chi connectivity index (χ0n) is 29.9. The Labute approximate surface area is 291 Å². The van der Waals surface area contributed by atoms with Crippen LogP contribution in [0.4, 0.5) is 10.6 Å². The van der Waals surface area contributed by atoms with Gasteiger partial charge in [-0.25, -0.2) is 14.8 Å². The first-order chi connectivity index (χ1) is 23.5. The predicted octanol–water partition coefficient (Wildman–Crippen LogP) is 4.84. The number of benzene rings is 1. The molecule has 3 N–H and O–H groups in total. The monoisotopic (exact) mass is 679 g/mol. The number of likely N-dealkylation sites (N-methyl/N-ethyl adjacent to an activating group) is 1. The summed E-state index contributed by atoms with van der Waals surface area (Å²) in [6, 6.07) is 11.9. The van der Waals surface area contributed by atoms with Crippen LogP contribution in [0.1, 0.15) is 93.8 Å². The van der Waals surface area contributed by atoms with Crippen LogP contribution in [0.25, 0.3) is 5.65 Å². The molecule has 2 atom stereocenters. The quantitative estimate of drug-likeness (QED) is 0.166. The van der Waals surface area contributed by atoms with Gasteiger partial charge in [0, 0.05) is 34.5 Å². The Hall–Kier alpha value is -5.17. The molecule has 4 aromatic rings. The Balaban J connectivity index is 1.23. The topological polar surface area (TPSA) is 156 Å². The molecule has 13 nitrogen and oxygen atoms in total. The molecular formula is C37H45N9O4. The van der Waals surface area contributed by atoms with Crippen molar-refractivity contribution in [3.63, 3.8) is 0 Å². The van der Waals surface area contributed by atoms with Crippen LogP contribution in [-0.4, -0.2) is 73.9 Å². The number of hydrogen-bond acceptors (Lipinski definition) is 9. The van der Waals surface area contributed by atoms with Crippen LogP contribution in [0, 0.1) is 0 Å². The number of aldehydes is 1. The minimum Gasteiger partial charge on any atom is -0.480 e. The molecular weight excluding hydrogens is 634 g/mol. The largest absolute Gasteiger partial charge is 0.480 e. The lowest BCUT2D eigenvalue weighted by Gasteiger charge is -2.34. The van der Waals surface area contributed by atoms with Crippen molar-refractivity contribution in [3.8, 4) is 5.75 Å². The highest BCUT2D eigenvalue weighted by Crippen LogP contribution is 2.39. The number of hydrogen-bond donors (Lipinski definition) is 3. The first-order valence-electron chi connectivity index (χ1n) is 16.7. The average molecular weight is 680 g/mol. The van der Waals surface area contributed by atoms with Gasteiger partial charge in [-0.15, -0.1) is 10.2 Å². The Morgan fingerprint density at radius 2 is 1.76 bits per heavy atom. The number of aromatic nitrogens is 5. The molecule has 3 heterocycles. The average Bonchev–Trinajstić information content (AvgIpc) is 3.74. The van der Waals surface area contributed by atoms with Crippen molar-refractivity contribution in [2.24, 2.45) is 0 Å². The first-order valence-corrected chi connectivity index (χ1v) is 16.7. The van der Waals surface area contributed by atoms with E-state index in [1.807, 2.05) is 69.7 Å². The van der Waals surface area contributed by atoms with Crippen molar-refractivity contribution in [2.75, 3.05) is 26.0 Å².